The van der Waals surface area contributed by atoms with Crippen LogP contribution < -0.4 is 10.1 Å². The maximum absolute atomic E-state index is 11.0. The maximum Gasteiger partial charge on any atom is 0.262 e. The Bertz CT molecular complexity index is 415. The van der Waals surface area contributed by atoms with Crippen LogP contribution in [0.4, 0.5) is 5.69 Å². The van der Waals surface area contributed by atoms with Gasteiger partial charge in [0.15, 0.2) is 12.9 Å². The van der Waals surface area contributed by atoms with Crippen molar-refractivity contribution in [2.24, 2.45) is 0 Å². The summed E-state index contributed by atoms with van der Waals surface area (Å²) < 4.78 is 5.08. The van der Waals surface area contributed by atoms with Crippen LogP contribution in [0.5, 0.6) is 5.88 Å². The third-order valence-corrected chi connectivity index (χ3v) is 1.96. The van der Waals surface area contributed by atoms with Crippen molar-refractivity contribution in [3.8, 4) is 5.88 Å². The number of aromatic nitrogens is 1. The molecule has 1 aliphatic heterocycles. The summed E-state index contributed by atoms with van der Waals surface area (Å²) in [7, 11) is 0. The van der Waals surface area contributed by atoms with Crippen molar-refractivity contribution in [2.75, 3.05) is 11.9 Å². The van der Waals surface area contributed by atoms with Crippen LogP contribution in [-0.4, -0.2) is 23.8 Å². The van der Waals surface area contributed by atoms with Crippen LogP contribution in [0, 0.1) is 6.92 Å². The van der Waals surface area contributed by atoms with E-state index in [0.717, 1.165) is 0 Å². The van der Waals surface area contributed by atoms with Gasteiger partial charge in [0.1, 0.15) is 5.69 Å². The van der Waals surface area contributed by atoms with E-state index < -0.39 is 0 Å². The topological polar surface area (TPSA) is 68.3 Å². The Morgan fingerprint density at radius 3 is 3.14 bits per heavy atom. The monoisotopic (exact) mass is 192 g/mol. The molecule has 5 heteroatoms. The molecule has 0 radical (unpaired) electrons. The van der Waals surface area contributed by atoms with Crippen LogP contribution in [0.2, 0.25) is 0 Å². The van der Waals surface area contributed by atoms with Crippen molar-refractivity contribution in [2.45, 2.75) is 6.92 Å². The first-order chi connectivity index (χ1) is 6.70. The Balaban J connectivity index is 2.51. The molecule has 2 rings (SSSR count). The van der Waals surface area contributed by atoms with Gasteiger partial charge in [0.25, 0.3) is 5.91 Å². The minimum Gasteiger partial charge on any atom is -0.466 e. The number of anilines is 1. The van der Waals surface area contributed by atoms with E-state index in [2.05, 4.69) is 10.3 Å². The van der Waals surface area contributed by atoms with Gasteiger partial charge in [-0.2, -0.15) is 0 Å². The van der Waals surface area contributed by atoms with E-state index in [1.807, 2.05) is 0 Å². The van der Waals surface area contributed by atoms with Crippen molar-refractivity contribution in [3.63, 3.8) is 0 Å². The third-order valence-electron chi connectivity index (χ3n) is 1.96. The summed E-state index contributed by atoms with van der Waals surface area (Å²) in [6.07, 6.45) is 0.698. The average Bonchev–Trinajstić information content (AvgIpc) is 2.17. The second-order valence-electron chi connectivity index (χ2n) is 2.97. The molecule has 1 N–H and O–H groups in total. The summed E-state index contributed by atoms with van der Waals surface area (Å²) in [4.78, 5) is 25.6. The van der Waals surface area contributed by atoms with Crippen molar-refractivity contribution in [1.82, 2.24) is 4.98 Å². The van der Waals surface area contributed by atoms with Crippen LogP contribution >= 0.6 is 0 Å². The van der Waals surface area contributed by atoms with Gasteiger partial charge >= 0.3 is 0 Å². The lowest BCUT2D eigenvalue weighted by molar-refractivity contribution is -0.118. The Labute approximate surface area is 80.1 Å². The number of aryl methyl sites for hydroxylation is 1. The predicted octanol–water partition coefficient (Wildman–Crippen LogP) is 0.533. The molecule has 0 spiro atoms. The number of fused-ring (bicyclic) bond motifs is 1. The zero-order valence-electron chi connectivity index (χ0n) is 7.53. The molecular formula is C9H8N2O3. The Morgan fingerprint density at radius 2 is 2.43 bits per heavy atom. The normalized spacial score (nSPS) is 13.9. The van der Waals surface area contributed by atoms with Gasteiger partial charge in [-0.3, -0.25) is 9.59 Å². The number of pyridine rings is 1. The molecule has 0 saturated carbocycles. The van der Waals surface area contributed by atoms with Gasteiger partial charge in [-0.25, -0.2) is 4.98 Å². The molecule has 1 aromatic heterocycles. The Morgan fingerprint density at radius 1 is 1.64 bits per heavy atom. The molecule has 0 unspecified atom stereocenters. The fourth-order valence-electron chi connectivity index (χ4n) is 1.24. The van der Waals surface area contributed by atoms with Crippen molar-refractivity contribution in [1.29, 1.82) is 0 Å². The molecular weight excluding hydrogens is 184 g/mol. The summed E-state index contributed by atoms with van der Waals surface area (Å²) >= 11 is 0. The number of ether oxygens (including phenoxy) is 1. The molecule has 1 aromatic rings. The smallest absolute Gasteiger partial charge is 0.262 e. The fourth-order valence-corrected chi connectivity index (χ4v) is 1.24. The first-order valence-electron chi connectivity index (χ1n) is 4.10. The van der Waals surface area contributed by atoms with E-state index >= 15 is 0 Å². The average molecular weight is 192 g/mol. The van der Waals surface area contributed by atoms with Gasteiger partial charge in [-0.1, -0.05) is 0 Å². The zero-order valence-corrected chi connectivity index (χ0v) is 7.53. The molecule has 0 atom stereocenters. The molecule has 1 aliphatic rings. The predicted molar refractivity (Wildman–Crippen MR) is 48.5 cm³/mol. The number of hydrogen-bond donors (Lipinski definition) is 1. The van der Waals surface area contributed by atoms with Gasteiger partial charge in [0.2, 0.25) is 5.88 Å². The standard InChI is InChI=1S/C9H8N2O3/c1-5-6(3-12)2-7-9(10-5)14-4-8(13)11-7/h2-3H,4H2,1H3,(H,11,13). The van der Waals surface area contributed by atoms with Crippen LogP contribution in [0.25, 0.3) is 0 Å². The molecule has 5 nitrogen and oxygen atoms in total. The van der Waals surface area contributed by atoms with Crippen molar-refractivity contribution < 1.29 is 14.3 Å². The third kappa shape index (κ3) is 1.32. The SMILES string of the molecule is Cc1nc2c(cc1C=O)NC(=O)CO2. The minimum atomic E-state index is -0.236. The number of carbonyl (C=O) groups is 2. The molecule has 72 valence electrons. The van der Waals surface area contributed by atoms with Crippen molar-refractivity contribution >= 4 is 17.9 Å². The van der Waals surface area contributed by atoms with E-state index in [4.69, 9.17) is 4.74 Å². The van der Waals surface area contributed by atoms with Gasteiger partial charge in [0.05, 0.1) is 5.69 Å². The van der Waals surface area contributed by atoms with Crippen molar-refractivity contribution in [3.05, 3.63) is 17.3 Å². The highest BCUT2D eigenvalue weighted by Gasteiger charge is 2.18. The van der Waals surface area contributed by atoms with Crippen LogP contribution in [0.15, 0.2) is 6.07 Å². The van der Waals surface area contributed by atoms with Gasteiger partial charge in [-0.05, 0) is 13.0 Å². The molecule has 0 aliphatic carbocycles. The summed E-state index contributed by atoms with van der Waals surface area (Å²) in [5, 5.41) is 2.58. The summed E-state index contributed by atoms with van der Waals surface area (Å²) in [5.41, 5.74) is 1.50. The molecule has 0 fully saturated rings. The minimum absolute atomic E-state index is 0.0279. The van der Waals surface area contributed by atoms with E-state index in [1.165, 1.54) is 0 Å². The van der Waals surface area contributed by atoms with E-state index in [1.54, 1.807) is 13.0 Å². The second-order valence-corrected chi connectivity index (χ2v) is 2.97. The largest absolute Gasteiger partial charge is 0.466 e. The first kappa shape index (κ1) is 8.68. The highest BCUT2D eigenvalue weighted by molar-refractivity contribution is 5.96. The van der Waals surface area contributed by atoms with Crippen LogP contribution in [0.1, 0.15) is 16.1 Å². The highest BCUT2D eigenvalue weighted by Crippen LogP contribution is 2.26. The number of hydrogen-bond acceptors (Lipinski definition) is 4. The summed E-state index contributed by atoms with van der Waals surface area (Å²) in [6.45, 7) is 1.68. The maximum atomic E-state index is 11.0. The lowest BCUT2D eigenvalue weighted by Crippen LogP contribution is -2.26. The van der Waals surface area contributed by atoms with Crippen LogP contribution in [0.3, 0.4) is 0 Å². The van der Waals surface area contributed by atoms with Crippen LogP contribution in [-0.2, 0) is 4.79 Å². The number of aldehydes is 1. The molecule has 0 aromatic carbocycles. The van der Waals surface area contributed by atoms with E-state index in [-0.39, 0.29) is 12.5 Å². The Kier molecular flexibility index (Phi) is 1.92. The molecule has 0 bridgehead atoms. The highest BCUT2D eigenvalue weighted by atomic mass is 16.5. The zero-order chi connectivity index (χ0) is 10.1. The number of rotatable bonds is 1. The number of carbonyl (C=O) groups excluding carboxylic acids is 2. The lowest BCUT2D eigenvalue weighted by Gasteiger charge is -2.17. The summed E-state index contributed by atoms with van der Waals surface area (Å²) in [6, 6.07) is 1.56. The molecule has 2 heterocycles. The molecule has 14 heavy (non-hydrogen) atoms. The number of nitrogens with zero attached hydrogens (tertiary/aromatic N) is 1. The van der Waals surface area contributed by atoms with E-state index in [0.29, 0.717) is 29.1 Å². The number of amides is 1. The Hall–Kier alpha value is -1.91. The summed E-state index contributed by atoms with van der Waals surface area (Å²) in [5.74, 6) is 0.132. The first-order valence-corrected chi connectivity index (χ1v) is 4.10. The van der Waals surface area contributed by atoms with Gasteiger partial charge in [-0.15, -0.1) is 0 Å². The quantitative estimate of drug-likeness (QED) is 0.659. The number of nitrogens with one attached hydrogen (secondary N) is 1. The second kappa shape index (κ2) is 3.10. The fraction of sp³-hybridized carbons (Fsp3) is 0.222. The van der Waals surface area contributed by atoms with Gasteiger partial charge in [0, 0.05) is 5.56 Å². The van der Waals surface area contributed by atoms with Gasteiger partial charge < -0.3 is 10.1 Å². The van der Waals surface area contributed by atoms with E-state index in [9.17, 15) is 9.59 Å². The molecule has 1 amide bonds. The molecule has 0 saturated heterocycles. The lowest BCUT2D eigenvalue weighted by atomic mass is 10.2.